The van der Waals surface area contributed by atoms with E-state index in [4.69, 9.17) is 9.98 Å². The van der Waals surface area contributed by atoms with Gasteiger partial charge in [0.05, 0.1) is 5.69 Å². The maximum atomic E-state index is 4.89. The number of imidazole rings is 1. The first-order chi connectivity index (χ1) is 12.6. The Balaban J connectivity index is 1.65. The molecule has 2 aromatic rings. The van der Waals surface area contributed by atoms with E-state index in [1.54, 1.807) is 0 Å². The summed E-state index contributed by atoms with van der Waals surface area (Å²) in [4.78, 5) is 12.1. The van der Waals surface area contributed by atoms with Crippen LogP contribution in [0, 0.1) is 12.8 Å². The van der Waals surface area contributed by atoms with E-state index in [1.165, 1.54) is 11.3 Å². The summed E-state index contributed by atoms with van der Waals surface area (Å²) in [5, 5.41) is 4.16. The van der Waals surface area contributed by atoms with Gasteiger partial charge in [-0.15, -0.1) is 0 Å². The van der Waals surface area contributed by atoms with Crippen molar-refractivity contribution in [1.82, 2.24) is 19.6 Å². The Morgan fingerprint density at radius 2 is 2.31 bits per heavy atom. The van der Waals surface area contributed by atoms with E-state index in [0.717, 1.165) is 49.9 Å². The molecule has 0 bridgehead atoms. The van der Waals surface area contributed by atoms with Gasteiger partial charge in [0, 0.05) is 56.0 Å². The van der Waals surface area contributed by atoms with Crippen molar-refractivity contribution in [3.8, 4) is 0 Å². The normalized spacial score (nSPS) is 18.7. The zero-order chi connectivity index (χ0) is 18.5. The second-order valence-electron chi connectivity index (χ2n) is 7.24. The molecule has 1 N–H and O–H groups in total. The molecule has 142 valence electrons. The van der Waals surface area contributed by atoms with Crippen molar-refractivity contribution in [2.24, 2.45) is 10.9 Å². The second kappa shape index (κ2) is 8.80. The summed E-state index contributed by atoms with van der Waals surface area (Å²) in [5.41, 5.74) is 3.36. The molecular weight excluding hydrogens is 342 g/mol. The van der Waals surface area contributed by atoms with Crippen LogP contribution in [-0.4, -0.2) is 57.4 Å². The Morgan fingerprint density at radius 1 is 1.46 bits per heavy atom. The summed E-state index contributed by atoms with van der Waals surface area (Å²) in [6.45, 7) is 12.7. The third-order valence-electron chi connectivity index (χ3n) is 4.83. The molecule has 1 fully saturated rings. The molecule has 0 saturated carbocycles. The Morgan fingerprint density at radius 3 is 3.04 bits per heavy atom. The molecule has 5 nitrogen and oxygen atoms in total. The van der Waals surface area contributed by atoms with Gasteiger partial charge in [-0.3, -0.25) is 4.99 Å². The maximum Gasteiger partial charge on any atom is 0.193 e. The second-order valence-corrected chi connectivity index (χ2v) is 8.59. The lowest BCUT2D eigenvalue weighted by atomic mass is 10.1. The van der Waals surface area contributed by atoms with E-state index >= 15 is 0 Å². The van der Waals surface area contributed by atoms with Crippen LogP contribution in [0.5, 0.6) is 0 Å². The van der Waals surface area contributed by atoms with Crippen LogP contribution in [0.2, 0.25) is 0 Å². The topological polar surface area (TPSA) is 44.9 Å². The van der Waals surface area contributed by atoms with Gasteiger partial charge in [0.2, 0.25) is 0 Å². The number of aromatic nitrogens is 2. The van der Waals surface area contributed by atoms with Crippen molar-refractivity contribution in [3.63, 3.8) is 0 Å². The SMILES string of the molecule is CCNC(=NCCc1cn2cccc(C)c2n1)N1CCSC(C(C)C)C1. The highest BCUT2D eigenvalue weighted by Crippen LogP contribution is 2.24. The Bertz CT molecular complexity index is 752. The molecule has 6 heteroatoms. The highest BCUT2D eigenvalue weighted by molar-refractivity contribution is 8.00. The molecule has 3 rings (SSSR count). The van der Waals surface area contributed by atoms with Crippen LogP contribution >= 0.6 is 11.8 Å². The molecule has 26 heavy (non-hydrogen) atoms. The summed E-state index contributed by atoms with van der Waals surface area (Å²) < 4.78 is 2.11. The van der Waals surface area contributed by atoms with E-state index < -0.39 is 0 Å². The lowest BCUT2D eigenvalue weighted by Crippen LogP contribution is -2.49. The van der Waals surface area contributed by atoms with Crippen LogP contribution < -0.4 is 5.32 Å². The molecule has 0 aromatic carbocycles. The van der Waals surface area contributed by atoms with Crippen LogP contribution in [0.1, 0.15) is 32.0 Å². The van der Waals surface area contributed by atoms with Crippen molar-refractivity contribution < 1.29 is 0 Å². The number of nitrogens with one attached hydrogen (secondary N) is 1. The number of aliphatic imine (C=N–C) groups is 1. The van der Waals surface area contributed by atoms with Crippen molar-refractivity contribution in [1.29, 1.82) is 0 Å². The summed E-state index contributed by atoms with van der Waals surface area (Å²) in [6, 6.07) is 4.17. The molecule has 0 radical (unpaired) electrons. The number of thioether (sulfide) groups is 1. The van der Waals surface area contributed by atoms with E-state index in [0.29, 0.717) is 11.2 Å². The minimum atomic E-state index is 0.689. The first-order valence-electron chi connectivity index (χ1n) is 9.66. The Hall–Kier alpha value is -1.69. The van der Waals surface area contributed by atoms with Crippen molar-refractivity contribution in [2.45, 2.75) is 39.4 Å². The van der Waals surface area contributed by atoms with Crippen molar-refractivity contribution in [2.75, 3.05) is 31.9 Å². The van der Waals surface area contributed by atoms with Gasteiger partial charge in [0.15, 0.2) is 5.96 Å². The molecule has 2 aromatic heterocycles. The number of rotatable bonds is 5. The zero-order valence-electron chi connectivity index (χ0n) is 16.4. The molecular formula is C20H31N5S. The van der Waals surface area contributed by atoms with Crippen LogP contribution in [0.4, 0.5) is 0 Å². The number of nitrogens with zero attached hydrogens (tertiary/aromatic N) is 4. The summed E-state index contributed by atoms with van der Waals surface area (Å²) in [6.07, 6.45) is 5.05. The minimum absolute atomic E-state index is 0.689. The first-order valence-corrected chi connectivity index (χ1v) is 10.7. The lowest BCUT2D eigenvalue weighted by molar-refractivity contribution is 0.381. The van der Waals surface area contributed by atoms with Crippen LogP contribution in [0.15, 0.2) is 29.5 Å². The average molecular weight is 374 g/mol. The van der Waals surface area contributed by atoms with E-state index in [-0.39, 0.29) is 0 Å². The number of aryl methyl sites for hydroxylation is 1. The largest absolute Gasteiger partial charge is 0.357 e. The van der Waals surface area contributed by atoms with Crippen molar-refractivity contribution in [3.05, 3.63) is 35.8 Å². The molecule has 0 amide bonds. The quantitative estimate of drug-likeness (QED) is 0.646. The smallest absolute Gasteiger partial charge is 0.193 e. The van der Waals surface area contributed by atoms with Crippen LogP contribution in [0.3, 0.4) is 0 Å². The van der Waals surface area contributed by atoms with Crippen molar-refractivity contribution >= 4 is 23.4 Å². The third kappa shape index (κ3) is 4.53. The number of hydrogen-bond donors (Lipinski definition) is 1. The van der Waals surface area contributed by atoms with Gasteiger partial charge >= 0.3 is 0 Å². The predicted molar refractivity (Wildman–Crippen MR) is 112 cm³/mol. The molecule has 3 heterocycles. The summed E-state index contributed by atoms with van der Waals surface area (Å²) in [7, 11) is 0. The Kier molecular flexibility index (Phi) is 6.46. The molecule has 0 aliphatic carbocycles. The summed E-state index contributed by atoms with van der Waals surface area (Å²) in [5.74, 6) is 2.93. The fourth-order valence-corrected chi connectivity index (χ4v) is 4.60. The van der Waals surface area contributed by atoms with Gasteiger partial charge in [0.25, 0.3) is 0 Å². The fourth-order valence-electron chi connectivity index (χ4n) is 3.30. The van der Waals surface area contributed by atoms with E-state index in [1.807, 2.05) is 0 Å². The third-order valence-corrected chi connectivity index (χ3v) is 6.37. The van der Waals surface area contributed by atoms with E-state index in [2.05, 4.69) is 78.6 Å². The number of hydrogen-bond acceptors (Lipinski definition) is 3. The summed E-state index contributed by atoms with van der Waals surface area (Å²) >= 11 is 2.10. The molecule has 1 aliphatic heterocycles. The van der Waals surface area contributed by atoms with Gasteiger partial charge < -0.3 is 14.6 Å². The predicted octanol–water partition coefficient (Wildman–Crippen LogP) is 3.22. The Labute approximate surface area is 161 Å². The van der Waals surface area contributed by atoms with Gasteiger partial charge in [-0.2, -0.15) is 11.8 Å². The molecule has 1 saturated heterocycles. The van der Waals surface area contributed by atoms with Gasteiger partial charge in [0.1, 0.15) is 5.65 Å². The monoisotopic (exact) mass is 373 g/mol. The fraction of sp³-hybridized carbons (Fsp3) is 0.600. The van der Waals surface area contributed by atoms with Crippen LogP contribution in [0.25, 0.3) is 5.65 Å². The molecule has 0 spiro atoms. The highest BCUT2D eigenvalue weighted by atomic mass is 32.2. The zero-order valence-corrected chi connectivity index (χ0v) is 17.2. The first kappa shape index (κ1) is 19.1. The van der Waals surface area contributed by atoms with Gasteiger partial charge in [-0.25, -0.2) is 4.98 Å². The molecule has 1 aliphatic rings. The number of guanidine groups is 1. The maximum absolute atomic E-state index is 4.89. The van der Waals surface area contributed by atoms with Gasteiger partial charge in [-0.1, -0.05) is 19.9 Å². The number of pyridine rings is 1. The standard InChI is InChI=1S/C20H31N5S/c1-5-21-20(25-11-12-26-18(14-25)15(2)3)22-9-8-17-13-24-10-6-7-16(4)19(24)23-17/h6-7,10,13,15,18H,5,8-9,11-12,14H2,1-4H3,(H,21,22). The van der Waals surface area contributed by atoms with E-state index in [9.17, 15) is 0 Å². The van der Waals surface area contributed by atoms with Gasteiger partial charge in [-0.05, 0) is 31.4 Å². The lowest BCUT2D eigenvalue weighted by Gasteiger charge is -2.36. The minimum Gasteiger partial charge on any atom is -0.357 e. The molecule has 1 unspecified atom stereocenters. The number of fused-ring (bicyclic) bond motifs is 1. The average Bonchev–Trinajstić information content (AvgIpc) is 3.05. The molecule has 1 atom stereocenters. The van der Waals surface area contributed by atoms with Crippen LogP contribution in [-0.2, 0) is 6.42 Å². The highest BCUT2D eigenvalue weighted by Gasteiger charge is 2.24.